The van der Waals surface area contributed by atoms with Gasteiger partial charge < -0.3 is 9.30 Å². The van der Waals surface area contributed by atoms with E-state index < -0.39 is 0 Å². The van der Waals surface area contributed by atoms with Crippen LogP contribution >= 0.6 is 34.2 Å². The van der Waals surface area contributed by atoms with Crippen molar-refractivity contribution in [2.45, 2.75) is 38.3 Å². The molecule has 1 saturated heterocycles. The van der Waals surface area contributed by atoms with Gasteiger partial charge in [-0.3, -0.25) is 0 Å². The third kappa shape index (κ3) is 2.25. The van der Waals surface area contributed by atoms with Crippen LogP contribution in [0.4, 0.5) is 0 Å². The highest BCUT2D eigenvalue weighted by molar-refractivity contribution is 14.1. The summed E-state index contributed by atoms with van der Waals surface area (Å²) in [6, 6.07) is 6.43. The lowest BCUT2D eigenvalue weighted by Crippen LogP contribution is -2.38. The smallest absolute Gasteiger partial charge is 0.111 e. The Morgan fingerprint density at radius 1 is 1.55 bits per heavy atom. The normalized spacial score (nSPS) is 26.5. The lowest BCUT2D eigenvalue weighted by atomic mass is 9.93. The largest absolute Gasteiger partial charge is 0.376 e. The SMILES string of the molecule is CC1OCCC1(C)n1c(CCCl)nc2cc(I)ccc21. The molecule has 0 radical (unpaired) electrons. The summed E-state index contributed by atoms with van der Waals surface area (Å²) in [4.78, 5) is 4.81. The van der Waals surface area contributed by atoms with Crippen molar-refractivity contribution in [1.82, 2.24) is 9.55 Å². The number of imidazole rings is 1. The average molecular weight is 405 g/mol. The summed E-state index contributed by atoms with van der Waals surface area (Å²) < 4.78 is 9.38. The molecule has 3 nitrogen and oxygen atoms in total. The molecule has 2 heterocycles. The number of benzene rings is 1. The number of rotatable bonds is 3. The maximum atomic E-state index is 5.97. The molecule has 1 aromatic heterocycles. The van der Waals surface area contributed by atoms with Crippen molar-refractivity contribution in [2.24, 2.45) is 0 Å². The number of fused-ring (bicyclic) bond motifs is 1. The van der Waals surface area contributed by atoms with Crippen molar-refractivity contribution < 1.29 is 4.74 Å². The van der Waals surface area contributed by atoms with Gasteiger partial charge in [0.1, 0.15) is 5.82 Å². The van der Waals surface area contributed by atoms with Crippen molar-refractivity contribution in [2.75, 3.05) is 12.5 Å². The molecule has 1 aliphatic rings. The first-order valence-corrected chi connectivity index (χ1v) is 8.52. The average Bonchev–Trinajstić information content (AvgIpc) is 2.91. The molecular formula is C15H18ClIN2O. The molecule has 2 aromatic rings. The van der Waals surface area contributed by atoms with Crippen LogP contribution in [-0.2, 0) is 16.7 Å². The maximum Gasteiger partial charge on any atom is 0.111 e. The molecule has 1 fully saturated rings. The minimum Gasteiger partial charge on any atom is -0.376 e. The van der Waals surface area contributed by atoms with Gasteiger partial charge in [0.05, 0.1) is 22.7 Å². The topological polar surface area (TPSA) is 27.1 Å². The van der Waals surface area contributed by atoms with Gasteiger partial charge in [-0.1, -0.05) is 0 Å². The third-order valence-electron chi connectivity index (χ3n) is 4.37. The van der Waals surface area contributed by atoms with Crippen molar-refractivity contribution >= 4 is 45.2 Å². The zero-order valence-corrected chi connectivity index (χ0v) is 14.6. The lowest BCUT2D eigenvalue weighted by molar-refractivity contribution is 0.0764. The van der Waals surface area contributed by atoms with Gasteiger partial charge in [0.15, 0.2) is 0 Å². The van der Waals surface area contributed by atoms with Crippen LogP contribution in [0.1, 0.15) is 26.1 Å². The molecule has 0 spiro atoms. The summed E-state index contributed by atoms with van der Waals surface area (Å²) in [7, 11) is 0. The van der Waals surface area contributed by atoms with Gasteiger partial charge in [0, 0.05) is 22.5 Å². The van der Waals surface area contributed by atoms with Gasteiger partial charge in [-0.2, -0.15) is 0 Å². The number of nitrogens with zero attached hydrogens (tertiary/aromatic N) is 2. The highest BCUT2D eigenvalue weighted by atomic mass is 127. The first kappa shape index (κ1) is 14.6. The van der Waals surface area contributed by atoms with E-state index in [-0.39, 0.29) is 11.6 Å². The zero-order valence-electron chi connectivity index (χ0n) is 11.7. The molecule has 5 heteroatoms. The number of aromatic nitrogens is 2. The van der Waals surface area contributed by atoms with Crippen LogP contribution in [0.3, 0.4) is 0 Å². The quantitative estimate of drug-likeness (QED) is 0.572. The molecule has 0 amide bonds. The second-order valence-electron chi connectivity index (χ2n) is 5.56. The van der Waals surface area contributed by atoms with E-state index in [1.807, 2.05) is 0 Å². The Morgan fingerprint density at radius 3 is 3.00 bits per heavy atom. The first-order valence-electron chi connectivity index (χ1n) is 6.91. The fourth-order valence-electron chi connectivity index (χ4n) is 3.04. The predicted molar refractivity (Wildman–Crippen MR) is 90.6 cm³/mol. The van der Waals surface area contributed by atoms with Crippen molar-refractivity contribution in [1.29, 1.82) is 0 Å². The summed E-state index contributed by atoms with van der Waals surface area (Å²) in [5.74, 6) is 1.66. The molecule has 0 bridgehead atoms. The number of aryl methyl sites for hydroxylation is 1. The molecular weight excluding hydrogens is 387 g/mol. The van der Waals surface area contributed by atoms with Gasteiger partial charge >= 0.3 is 0 Å². The third-order valence-corrected chi connectivity index (χ3v) is 5.23. The molecule has 0 aliphatic carbocycles. The highest BCUT2D eigenvalue weighted by Gasteiger charge is 2.40. The number of hydrogen-bond acceptors (Lipinski definition) is 2. The van der Waals surface area contributed by atoms with Crippen LogP contribution in [0.25, 0.3) is 11.0 Å². The van der Waals surface area contributed by atoms with Crippen LogP contribution < -0.4 is 0 Å². The molecule has 108 valence electrons. The molecule has 3 rings (SSSR count). The van der Waals surface area contributed by atoms with Crippen LogP contribution in [-0.4, -0.2) is 28.1 Å². The van der Waals surface area contributed by atoms with E-state index >= 15 is 0 Å². The van der Waals surface area contributed by atoms with Gasteiger partial charge in [0.2, 0.25) is 0 Å². The van der Waals surface area contributed by atoms with E-state index in [1.54, 1.807) is 0 Å². The van der Waals surface area contributed by atoms with E-state index in [9.17, 15) is 0 Å². The Balaban J connectivity index is 2.23. The summed E-state index contributed by atoms with van der Waals surface area (Å²) in [5, 5.41) is 0. The van der Waals surface area contributed by atoms with Crippen LogP contribution in [0.15, 0.2) is 18.2 Å². The van der Waals surface area contributed by atoms with E-state index in [4.69, 9.17) is 21.3 Å². The van der Waals surface area contributed by atoms with E-state index in [0.29, 0.717) is 5.88 Å². The van der Waals surface area contributed by atoms with Crippen molar-refractivity contribution in [3.05, 3.63) is 27.6 Å². The summed E-state index contributed by atoms with van der Waals surface area (Å²) >= 11 is 8.30. The summed E-state index contributed by atoms with van der Waals surface area (Å²) in [6.07, 6.45) is 1.99. The Hall–Kier alpha value is -0.330. The fourth-order valence-corrected chi connectivity index (χ4v) is 3.69. The highest BCUT2D eigenvalue weighted by Crippen LogP contribution is 2.37. The minimum atomic E-state index is -0.0388. The molecule has 1 aromatic carbocycles. The Morgan fingerprint density at radius 2 is 2.35 bits per heavy atom. The summed E-state index contributed by atoms with van der Waals surface area (Å²) in [6.45, 7) is 5.22. The number of hydrogen-bond donors (Lipinski definition) is 0. The summed E-state index contributed by atoms with van der Waals surface area (Å²) in [5.41, 5.74) is 2.20. The predicted octanol–water partition coefficient (Wildman–Crippen LogP) is 3.95. The van der Waals surface area contributed by atoms with Gasteiger partial charge in [-0.05, 0) is 61.1 Å². The zero-order chi connectivity index (χ0) is 14.3. The second-order valence-corrected chi connectivity index (χ2v) is 7.18. The molecule has 2 atom stereocenters. The van der Waals surface area contributed by atoms with Gasteiger partial charge in [-0.15, -0.1) is 11.6 Å². The van der Waals surface area contributed by atoms with E-state index in [0.717, 1.165) is 30.8 Å². The molecule has 0 N–H and O–H groups in total. The van der Waals surface area contributed by atoms with Crippen molar-refractivity contribution in [3.8, 4) is 0 Å². The molecule has 2 unspecified atom stereocenters. The number of ether oxygens (including phenoxy) is 1. The van der Waals surface area contributed by atoms with E-state index in [2.05, 4.69) is 59.2 Å². The molecule has 0 saturated carbocycles. The Kier molecular flexibility index (Phi) is 3.99. The first-order chi connectivity index (χ1) is 9.56. The second kappa shape index (κ2) is 5.46. The molecule has 20 heavy (non-hydrogen) atoms. The van der Waals surface area contributed by atoms with Gasteiger partial charge in [0.25, 0.3) is 0 Å². The Bertz CT molecular complexity index is 642. The number of halogens is 2. The fraction of sp³-hybridized carbons (Fsp3) is 0.533. The standard InChI is InChI=1S/C15H18ClIN2O/c1-10-15(2,6-8-20-10)19-13-4-3-11(17)9-12(13)18-14(19)5-7-16/h3-4,9-10H,5-8H2,1-2H3. The molecule has 1 aliphatic heterocycles. The van der Waals surface area contributed by atoms with Crippen LogP contribution in [0.2, 0.25) is 0 Å². The Labute approximate surface area is 137 Å². The maximum absolute atomic E-state index is 5.97. The monoisotopic (exact) mass is 404 g/mol. The lowest BCUT2D eigenvalue weighted by Gasteiger charge is -2.32. The van der Waals surface area contributed by atoms with Crippen molar-refractivity contribution in [3.63, 3.8) is 0 Å². The van der Waals surface area contributed by atoms with E-state index in [1.165, 1.54) is 9.09 Å². The minimum absolute atomic E-state index is 0.0388. The van der Waals surface area contributed by atoms with Crippen LogP contribution in [0, 0.1) is 3.57 Å². The van der Waals surface area contributed by atoms with Gasteiger partial charge in [-0.25, -0.2) is 4.98 Å². The number of alkyl halides is 1. The van der Waals surface area contributed by atoms with Crippen LogP contribution in [0.5, 0.6) is 0 Å².